The Hall–Kier alpha value is -2.12. The minimum absolute atomic E-state index is 0.276. The molecule has 2 heterocycles. The Morgan fingerprint density at radius 2 is 2.19 bits per heavy atom. The van der Waals surface area contributed by atoms with Gasteiger partial charge in [-0.15, -0.1) is 11.3 Å². The van der Waals surface area contributed by atoms with E-state index in [4.69, 9.17) is 10.3 Å². The lowest BCUT2D eigenvalue weighted by molar-refractivity contribution is 0.423. The molecular weight excluding hydrogens is 291 g/mol. The first-order valence-electron chi connectivity index (χ1n) is 6.46. The Kier molecular flexibility index (Phi) is 4.03. The summed E-state index contributed by atoms with van der Waals surface area (Å²) in [6, 6.07) is 6.34. The van der Waals surface area contributed by atoms with Crippen LogP contribution >= 0.6 is 11.3 Å². The Bertz CT molecular complexity index is 740. The molecule has 2 N–H and O–H groups in total. The van der Waals surface area contributed by atoms with Gasteiger partial charge in [0.2, 0.25) is 0 Å². The predicted octanol–water partition coefficient (Wildman–Crippen LogP) is 2.42. The minimum Gasteiger partial charge on any atom is -0.332 e. The van der Waals surface area contributed by atoms with E-state index in [0.717, 1.165) is 17.0 Å². The van der Waals surface area contributed by atoms with E-state index in [-0.39, 0.29) is 5.82 Å². The third-order valence-electron chi connectivity index (χ3n) is 2.85. The highest BCUT2D eigenvalue weighted by atomic mass is 32.1. The molecular formula is C14H13FN4OS. The summed E-state index contributed by atoms with van der Waals surface area (Å²) in [6.07, 6.45) is 1.15. The number of hydrogen-bond donors (Lipinski definition) is 1. The van der Waals surface area contributed by atoms with Crippen LogP contribution in [0.5, 0.6) is 0 Å². The number of rotatable bonds is 5. The lowest BCUT2D eigenvalue weighted by atomic mass is 10.1. The Balaban J connectivity index is 1.76. The molecule has 2 aromatic heterocycles. The number of hydrogen-bond acceptors (Lipinski definition) is 6. The summed E-state index contributed by atoms with van der Waals surface area (Å²) in [7, 11) is 0. The van der Waals surface area contributed by atoms with Crippen molar-refractivity contribution in [3.8, 4) is 11.6 Å². The van der Waals surface area contributed by atoms with E-state index < -0.39 is 0 Å². The highest BCUT2D eigenvalue weighted by Gasteiger charge is 2.13. The number of aromatic nitrogens is 3. The van der Waals surface area contributed by atoms with Crippen LogP contribution < -0.4 is 5.73 Å². The summed E-state index contributed by atoms with van der Waals surface area (Å²) >= 11 is 1.52. The summed E-state index contributed by atoms with van der Waals surface area (Å²) < 4.78 is 18.3. The molecule has 0 fully saturated rings. The monoisotopic (exact) mass is 304 g/mol. The molecule has 3 rings (SSSR count). The van der Waals surface area contributed by atoms with E-state index in [9.17, 15) is 4.39 Å². The van der Waals surface area contributed by atoms with Gasteiger partial charge in [-0.25, -0.2) is 9.37 Å². The average Bonchev–Trinajstić information content (AvgIpc) is 3.08. The molecule has 0 saturated carbocycles. The fraction of sp³-hybridized carbons (Fsp3) is 0.214. The van der Waals surface area contributed by atoms with Crippen molar-refractivity contribution < 1.29 is 8.91 Å². The third kappa shape index (κ3) is 3.32. The Morgan fingerprint density at radius 3 is 3.00 bits per heavy atom. The Morgan fingerprint density at radius 1 is 1.29 bits per heavy atom. The van der Waals surface area contributed by atoms with Crippen molar-refractivity contribution in [2.45, 2.75) is 12.8 Å². The fourth-order valence-corrected chi connectivity index (χ4v) is 2.69. The summed E-state index contributed by atoms with van der Waals surface area (Å²) in [4.78, 5) is 8.68. The maximum absolute atomic E-state index is 13.1. The van der Waals surface area contributed by atoms with Crippen LogP contribution in [0.25, 0.3) is 11.6 Å². The molecule has 7 heteroatoms. The van der Waals surface area contributed by atoms with Crippen LogP contribution in [0, 0.1) is 5.82 Å². The molecule has 0 saturated heterocycles. The summed E-state index contributed by atoms with van der Waals surface area (Å²) in [5.74, 6) is 0.604. The standard InChI is InChI=1S/C14H13FN4OS/c15-10-3-1-2-9(6-10)7-12-18-14(20-19-12)11-8-21-13(17-11)4-5-16/h1-3,6,8H,4-5,7,16H2. The van der Waals surface area contributed by atoms with Gasteiger partial charge in [-0.2, -0.15) is 4.98 Å². The van der Waals surface area contributed by atoms with Gasteiger partial charge in [-0.1, -0.05) is 17.3 Å². The van der Waals surface area contributed by atoms with Crippen LogP contribution in [0.3, 0.4) is 0 Å². The first-order valence-corrected chi connectivity index (χ1v) is 7.34. The summed E-state index contributed by atoms with van der Waals surface area (Å²) in [5, 5.41) is 6.71. The van der Waals surface area contributed by atoms with Gasteiger partial charge in [-0.05, 0) is 24.2 Å². The van der Waals surface area contributed by atoms with Crippen LogP contribution in [0.15, 0.2) is 34.2 Å². The van der Waals surface area contributed by atoms with Crippen LogP contribution in [0.2, 0.25) is 0 Å². The zero-order chi connectivity index (χ0) is 14.7. The van der Waals surface area contributed by atoms with Gasteiger partial charge in [0.05, 0.1) is 5.01 Å². The smallest absolute Gasteiger partial charge is 0.277 e. The van der Waals surface area contributed by atoms with Crippen LogP contribution in [-0.2, 0) is 12.8 Å². The second-order valence-corrected chi connectivity index (χ2v) is 5.43. The molecule has 0 bridgehead atoms. The lowest BCUT2D eigenvalue weighted by Gasteiger charge is -1.95. The van der Waals surface area contributed by atoms with E-state index in [1.807, 2.05) is 11.4 Å². The zero-order valence-electron chi connectivity index (χ0n) is 11.1. The first-order chi connectivity index (χ1) is 10.2. The largest absolute Gasteiger partial charge is 0.332 e. The van der Waals surface area contributed by atoms with Crippen molar-refractivity contribution in [2.24, 2.45) is 5.73 Å². The zero-order valence-corrected chi connectivity index (χ0v) is 11.9. The maximum Gasteiger partial charge on any atom is 0.277 e. The molecule has 0 unspecified atom stereocenters. The highest BCUT2D eigenvalue weighted by Crippen LogP contribution is 2.21. The fourth-order valence-electron chi connectivity index (χ4n) is 1.91. The molecule has 108 valence electrons. The van der Waals surface area contributed by atoms with Crippen molar-refractivity contribution in [3.05, 3.63) is 51.9 Å². The van der Waals surface area contributed by atoms with Gasteiger partial charge in [-0.3, -0.25) is 0 Å². The normalized spacial score (nSPS) is 11.0. The van der Waals surface area contributed by atoms with Crippen molar-refractivity contribution in [2.75, 3.05) is 6.54 Å². The third-order valence-corrected chi connectivity index (χ3v) is 3.76. The number of halogens is 1. The van der Waals surface area contributed by atoms with Gasteiger partial charge in [0.15, 0.2) is 5.82 Å². The summed E-state index contributed by atoms with van der Waals surface area (Å²) in [6.45, 7) is 0.557. The molecule has 0 spiro atoms. The molecule has 0 amide bonds. The predicted molar refractivity (Wildman–Crippen MR) is 77.4 cm³/mol. The van der Waals surface area contributed by atoms with Crippen molar-refractivity contribution in [3.63, 3.8) is 0 Å². The van der Waals surface area contributed by atoms with E-state index in [1.165, 1.54) is 23.5 Å². The molecule has 21 heavy (non-hydrogen) atoms. The minimum atomic E-state index is -0.276. The Labute approximate surface area is 124 Å². The van der Waals surface area contributed by atoms with Gasteiger partial charge >= 0.3 is 0 Å². The van der Waals surface area contributed by atoms with E-state index >= 15 is 0 Å². The second kappa shape index (κ2) is 6.11. The second-order valence-electron chi connectivity index (χ2n) is 4.49. The van der Waals surface area contributed by atoms with Gasteiger partial charge in [0.25, 0.3) is 5.89 Å². The van der Waals surface area contributed by atoms with Gasteiger partial charge < -0.3 is 10.3 Å². The molecule has 0 aliphatic rings. The van der Waals surface area contributed by atoms with Crippen molar-refractivity contribution >= 4 is 11.3 Å². The van der Waals surface area contributed by atoms with Crippen LogP contribution in [0.4, 0.5) is 4.39 Å². The van der Waals surface area contributed by atoms with Crippen LogP contribution in [0.1, 0.15) is 16.4 Å². The van der Waals surface area contributed by atoms with Crippen molar-refractivity contribution in [1.82, 2.24) is 15.1 Å². The molecule has 0 atom stereocenters. The van der Waals surface area contributed by atoms with Crippen molar-refractivity contribution in [1.29, 1.82) is 0 Å². The number of nitrogens with two attached hydrogens (primary N) is 1. The number of thiazole rings is 1. The SMILES string of the molecule is NCCc1nc(-c2nc(Cc3cccc(F)c3)no2)cs1. The molecule has 3 aromatic rings. The average molecular weight is 304 g/mol. The lowest BCUT2D eigenvalue weighted by Crippen LogP contribution is -2.01. The topological polar surface area (TPSA) is 77.8 Å². The van der Waals surface area contributed by atoms with E-state index in [0.29, 0.717) is 30.4 Å². The van der Waals surface area contributed by atoms with Gasteiger partial charge in [0, 0.05) is 18.2 Å². The quantitative estimate of drug-likeness (QED) is 0.783. The molecule has 5 nitrogen and oxygen atoms in total. The maximum atomic E-state index is 13.1. The summed E-state index contributed by atoms with van der Waals surface area (Å²) in [5.41, 5.74) is 6.95. The highest BCUT2D eigenvalue weighted by molar-refractivity contribution is 7.09. The van der Waals surface area contributed by atoms with Gasteiger partial charge in [0.1, 0.15) is 11.5 Å². The first kappa shape index (κ1) is 13.8. The van der Waals surface area contributed by atoms with Crippen LogP contribution in [-0.4, -0.2) is 21.7 Å². The molecule has 0 radical (unpaired) electrons. The molecule has 1 aromatic carbocycles. The molecule has 0 aliphatic heterocycles. The number of benzene rings is 1. The van der Waals surface area contributed by atoms with E-state index in [1.54, 1.807) is 6.07 Å². The van der Waals surface area contributed by atoms with E-state index in [2.05, 4.69) is 15.1 Å². The molecule has 0 aliphatic carbocycles. The number of nitrogens with zero attached hydrogens (tertiary/aromatic N) is 3.